The molecule has 0 saturated carbocycles. The Kier molecular flexibility index (Phi) is 24.0. The Morgan fingerprint density at radius 1 is 0.600 bits per heavy atom. The molecule has 0 bridgehead atoms. The van der Waals surface area contributed by atoms with Crippen LogP contribution in [0.25, 0.3) is 0 Å². The van der Waals surface area contributed by atoms with Crippen molar-refractivity contribution in [3.63, 3.8) is 0 Å². The van der Waals surface area contributed by atoms with E-state index in [-0.39, 0.29) is 26.1 Å². The first-order chi connectivity index (χ1) is 13.5. The summed E-state index contributed by atoms with van der Waals surface area (Å²) in [5.74, 6) is -6.88. The monoisotopic (exact) mass is 450 g/mol. The molecule has 0 aromatic carbocycles. The summed E-state index contributed by atoms with van der Waals surface area (Å²) in [6.07, 6.45) is -7.31. The average Bonchev–Trinajstić information content (AvgIpc) is 2.65. The van der Waals surface area contributed by atoms with Crippen LogP contribution in [-0.2, 0) is 24.0 Å². The Balaban J connectivity index is -0.000000154. The van der Waals surface area contributed by atoms with Crippen LogP contribution in [0.5, 0.6) is 0 Å². The maximum Gasteiger partial charge on any atom is 0.335 e. The van der Waals surface area contributed by atoms with E-state index < -0.39 is 54.3 Å². The first-order valence-electron chi connectivity index (χ1n) is 7.60. The second kappa shape index (κ2) is 20.8. The molecule has 0 amide bonds. The first kappa shape index (κ1) is 34.6. The second-order valence-electron chi connectivity index (χ2n) is 4.89. The molecule has 0 aromatic heterocycles. The lowest BCUT2D eigenvalue weighted by Gasteiger charge is -2.07. The van der Waals surface area contributed by atoms with Gasteiger partial charge in [0.15, 0.2) is 12.2 Å². The lowest BCUT2D eigenvalue weighted by Crippen LogP contribution is -2.39. The Labute approximate surface area is 168 Å². The highest BCUT2D eigenvalue weighted by atomic mass is 16.4. The number of carbonyl (C=O) groups is 5. The number of hydrogen-bond donors (Lipinski definition) is 11. The minimum absolute atomic E-state index is 0.296. The third-order valence-electron chi connectivity index (χ3n) is 2.14. The number of aliphatic hydroxyl groups excluding tert-OH is 6. The van der Waals surface area contributed by atoms with Crippen molar-refractivity contribution in [1.29, 1.82) is 0 Å². The van der Waals surface area contributed by atoms with Gasteiger partial charge in [0.2, 0.25) is 0 Å². The standard InChI is InChI=1S/C4H6O6.C4H6O4.C3H8O3.C3H6O3/c5-1(3(7)8)2(6)4(9)10;5-3(6)1-2-4(7)8;4-1-3(6)2-5;1-2(4)3(5)6/h1-2,5-6H,(H,7,8)(H,9,10);1-2H2,(H,5,6)(H,7,8);3-6H,1-2H2;2,4H,1H3,(H,5,6). The number of aliphatic hydroxyl groups is 6. The fraction of sp³-hybridized carbons (Fsp3) is 0.643. The molecule has 0 rings (SSSR count). The van der Waals surface area contributed by atoms with Gasteiger partial charge < -0.3 is 56.2 Å². The van der Waals surface area contributed by atoms with Gasteiger partial charge in [-0.25, -0.2) is 14.4 Å². The SMILES string of the molecule is CC(O)C(=O)O.O=C(O)C(O)C(O)C(=O)O.O=C(O)CCC(=O)O.OCC(O)CO. The zero-order valence-corrected chi connectivity index (χ0v) is 15.6. The number of carboxylic acid groups (broad SMARTS) is 5. The van der Waals surface area contributed by atoms with E-state index in [0.717, 1.165) is 0 Å². The summed E-state index contributed by atoms with van der Waals surface area (Å²) < 4.78 is 0. The molecule has 0 heterocycles. The van der Waals surface area contributed by atoms with Crippen molar-refractivity contribution < 1.29 is 80.1 Å². The van der Waals surface area contributed by atoms with Gasteiger partial charge in [-0.05, 0) is 6.92 Å². The summed E-state index contributed by atoms with van der Waals surface area (Å²) in [6, 6.07) is 0. The highest BCUT2D eigenvalue weighted by molar-refractivity contribution is 5.83. The van der Waals surface area contributed by atoms with Crippen molar-refractivity contribution >= 4 is 29.8 Å². The smallest absolute Gasteiger partial charge is 0.335 e. The summed E-state index contributed by atoms with van der Waals surface area (Å²) >= 11 is 0. The molecule has 16 nitrogen and oxygen atoms in total. The zero-order chi connectivity index (χ0) is 25.0. The van der Waals surface area contributed by atoms with Gasteiger partial charge in [0, 0.05) is 0 Å². The van der Waals surface area contributed by atoms with Crippen LogP contribution in [0.15, 0.2) is 0 Å². The third-order valence-corrected chi connectivity index (χ3v) is 2.14. The van der Waals surface area contributed by atoms with Gasteiger partial charge in [0.05, 0.1) is 26.1 Å². The molecule has 0 fully saturated rings. The Morgan fingerprint density at radius 2 is 0.833 bits per heavy atom. The molecular weight excluding hydrogens is 424 g/mol. The van der Waals surface area contributed by atoms with Crippen molar-refractivity contribution in [3.8, 4) is 0 Å². The lowest BCUT2D eigenvalue weighted by molar-refractivity contribution is -0.165. The molecule has 0 aromatic rings. The number of hydrogen-bond acceptors (Lipinski definition) is 11. The molecule has 11 N–H and O–H groups in total. The summed E-state index contributed by atoms with van der Waals surface area (Å²) in [5, 5.41) is 88.1. The van der Waals surface area contributed by atoms with Crippen LogP contribution in [0.2, 0.25) is 0 Å². The van der Waals surface area contributed by atoms with Gasteiger partial charge in [-0.1, -0.05) is 0 Å². The molecule has 0 radical (unpaired) electrons. The topological polar surface area (TPSA) is 308 Å². The fourth-order valence-electron chi connectivity index (χ4n) is 0.542. The van der Waals surface area contributed by atoms with Crippen LogP contribution in [-0.4, -0.2) is 124 Å². The van der Waals surface area contributed by atoms with Gasteiger partial charge in [-0.15, -0.1) is 0 Å². The predicted octanol–water partition coefficient (Wildman–Crippen LogP) is -4.40. The normalized spacial score (nSPS) is 12.3. The molecule has 0 aliphatic rings. The highest BCUT2D eigenvalue weighted by Gasteiger charge is 2.29. The van der Waals surface area contributed by atoms with E-state index in [4.69, 9.17) is 56.2 Å². The molecule has 3 unspecified atom stereocenters. The summed E-state index contributed by atoms with van der Waals surface area (Å²) in [7, 11) is 0. The van der Waals surface area contributed by atoms with Gasteiger partial charge in [-0.3, -0.25) is 9.59 Å². The number of carboxylic acids is 5. The quantitative estimate of drug-likeness (QED) is 0.158. The van der Waals surface area contributed by atoms with E-state index in [9.17, 15) is 24.0 Å². The molecule has 0 aliphatic heterocycles. The molecule has 16 heteroatoms. The Hall–Kier alpha value is -2.89. The third kappa shape index (κ3) is 29.9. The largest absolute Gasteiger partial charge is 0.481 e. The van der Waals surface area contributed by atoms with Crippen molar-refractivity contribution in [2.45, 2.75) is 44.2 Å². The lowest BCUT2D eigenvalue weighted by atomic mass is 10.2. The van der Waals surface area contributed by atoms with E-state index in [2.05, 4.69) is 0 Å². The van der Waals surface area contributed by atoms with Crippen LogP contribution in [0, 0.1) is 0 Å². The van der Waals surface area contributed by atoms with E-state index in [1.54, 1.807) is 0 Å². The number of aliphatic carboxylic acids is 5. The number of rotatable bonds is 9. The maximum atomic E-state index is 9.77. The minimum Gasteiger partial charge on any atom is -0.481 e. The van der Waals surface area contributed by atoms with Crippen molar-refractivity contribution in [1.82, 2.24) is 0 Å². The Morgan fingerprint density at radius 3 is 0.900 bits per heavy atom. The van der Waals surface area contributed by atoms with E-state index in [1.165, 1.54) is 6.92 Å². The predicted molar refractivity (Wildman–Crippen MR) is 91.3 cm³/mol. The summed E-state index contributed by atoms with van der Waals surface area (Å²) in [4.78, 5) is 48.3. The minimum atomic E-state index is -2.27. The van der Waals surface area contributed by atoms with Gasteiger partial charge >= 0.3 is 29.8 Å². The van der Waals surface area contributed by atoms with Crippen molar-refractivity contribution in [2.75, 3.05) is 13.2 Å². The van der Waals surface area contributed by atoms with Gasteiger partial charge in [-0.2, -0.15) is 0 Å². The molecule has 0 aliphatic carbocycles. The van der Waals surface area contributed by atoms with Crippen molar-refractivity contribution in [3.05, 3.63) is 0 Å². The van der Waals surface area contributed by atoms with Crippen LogP contribution in [0.3, 0.4) is 0 Å². The molecule has 178 valence electrons. The van der Waals surface area contributed by atoms with Crippen LogP contribution in [0.4, 0.5) is 0 Å². The molecule has 0 saturated heterocycles. The van der Waals surface area contributed by atoms with Crippen LogP contribution >= 0.6 is 0 Å². The second-order valence-corrected chi connectivity index (χ2v) is 4.89. The Bertz CT molecular complexity index is 480. The first-order valence-corrected chi connectivity index (χ1v) is 7.60. The molecule has 30 heavy (non-hydrogen) atoms. The highest BCUT2D eigenvalue weighted by Crippen LogP contribution is 1.92. The zero-order valence-electron chi connectivity index (χ0n) is 15.6. The van der Waals surface area contributed by atoms with Gasteiger partial charge in [0.1, 0.15) is 12.2 Å². The maximum absolute atomic E-state index is 9.77. The average molecular weight is 450 g/mol. The summed E-state index contributed by atoms with van der Waals surface area (Å²) in [5.41, 5.74) is 0. The van der Waals surface area contributed by atoms with Crippen molar-refractivity contribution in [2.24, 2.45) is 0 Å². The van der Waals surface area contributed by atoms with E-state index in [0.29, 0.717) is 0 Å². The molecular formula is C14H26O16. The van der Waals surface area contributed by atoms with E-state index >= 15 is 0 Å². The van der Waals surface area contributed by atoms with Crippen LogP contribution < -0.4 is 0 Å². The summed E-state index contributed by atoms with van der Waals surface area (Å²) in [6.45, 7) is 0.468. The van der Waals surface area contributed by atoms with Gasteiger partial charge in [0.25, 0.3) is 0 Å². The van der Waals surface area contributed by atoms with E-state index in [1.807, 2.05) is 0 Å². The molecule has 0 spiro atoms. The fourth-order valence-corrected chi connectivity index (χ4v) is 0.542. The van der Waals surface area contributed by atoms with Crippen LogP contribution in [0.1, 0.15) is 19.8 Å². The molecule has 3 atom stereocenters.